The SMILES string of the molecule is C[C@H](c1cccc2c(-c3ccc(NS(C)=O)c(C#N)c3)c(C(=O)O)[nH]c12)[C@H]1C=C(CN2CC(N)C2)NC1=O. The summed E-state index contributed by atoms with van der Waals surface area (Å²) in [6.45, 7) is 4.20. The van der Waals surface area contributed by atoms with Gasteiger partial charge in [-0.1, -0.05) is 37.3 Å². The minimum Gasteiger partial charge on any atom is -0.477 e. The van der Waals surface area contributed by atoms with E-state index < -0.39 is 22.9 Å². The third-order valence-electron chi connectivity index (χ3n) is 7.14. The second-order valence-electron chi connectivity index (χ2n) is 9.83. The maximum absolute atomic E-state index is 12.9. The van der Waals surface area contributed by atoms with E-state index in [0.717, 1.165) is 24.4 Å². The summed E-state index contributed by atoms with van der Waals surface area (Å²) in [6.07, 6.45) is 3.42. The lowest BCUT2D eigenvalue weighted by atomic mass is 9.86. The lowest BCUT2D eigenvalue weighted by molar-refractivity contribution is -0.122. The van der Waals surface area contributed by atoms with Crippen LogP contribution in [0.3, 0.4) is 0 Å². The zero-order chi connectivity index (χ0) is 27.1. The molecule has 1 saturated heterocycles. The summed E-state index contributed by atoms with van der Waals surface area (Å²) in [6, 6.07) is 12.7. The van der Waals surface area contributed by atoms with E-state index in [1.165, 1.54) is 6.26 Å². The Balaban J connectivity index is 1.54. The van der Waals surface area contributed by atoms with Gasteiger partial charge in [0, 0.05) is 48.6 Å². The molecule has 196 valence electrons. The van der Waals surface area contributed by atoms with E-state index in [4.69, 9.17) is 5.73 Å². The highest BCUT2D eigenvalue weighted by Crippen LogP contribution is 2.40. The molecule has 0 radical (unpaired) electrons. The zero-order valence-corrected chi connectivity index (χ0v) is 21.8. The van der Waals surface area contributed by atoms with Crippen molar-refractivity contribution in [3.05, 3.63) is 65.0 Å². The van der Waals surface area contributed by atoms with Crippen molar-refractivity contribution in [1.82, 2.24) is 15.2 Å². The summed E-state index contributed by atoms with van der Waals surface area (Å²) in [7, 11) is -1.37. The third kappa shape index (κ3) is 4.69. The number of aromatic amines is 1. The summed E-state index contributed by atoms with van der Waals surface area (Å²) in [5.41, 5.74) is 9.80. The van der Waals surface area contributed by atoms with Crippen LogP contribution in [0.4, 0.5) is 5.69 Å². The molecule has 2 aromatic carbocycles. The minimum atomic E-state index is -1.37. The van der Waals surface area contributed by atoms with Crippen LogP contribution >= 0.6 is 0 Å². The standard InChI is InChI=1S/C27H28N6O4S/c1-14(21-9-18(30-26(21)34)13-33-11-17(29)12-33)19-4-3-5-20-23(25(27(35)36)31-24(19)20)15-6-7-22(32-38(2)37)16(8-15)10-28/h3-9,14,17,21,31-32H,11-13,29H2,1-2H3,(H,30,34)(H,35,36)/t14-,21-,38?/m1/s1. The van der Waals surface area contributed by atoms with Crippen LogP contribution in [-0.4, -0.2) is 63.0 Å². The number of nitrogens with two attached hydrogens (primary N) is 1. The number of para-hydroxylation sites is 1. The topological polar surface area (TPSA) is 164 Å². The minimum absolute atomic E-state index is 0.00968. The van der Waals surface area contributed by atoms with Crippen LogP contribution < -0.4 is 15.8 Å². The molecule has 11 heteroatoms. The molecule has 0 saturated carbocycles. The number of nitriles is 1. The fraction of sp³-hybridized carbons (Fsp3) is 0.296. The van der Waals surface area contributed by atoms with Gasteiger partial charge in [-0.15, -0.1) is 0 Å². The van der Waals surface area contributed by atoms with Crippen molar-refractivity contribution in [2.24, 2.45) is 11.7 Å². The molecule has 5 rings (SSSR count). The first-order chi connectivity index (χ1) is 18.2. The lowest BCUT2D eigenvalue weighted by Gasteiger charge is -2.36. The van der Waals surface area contributed by atoms with Crippen molar-refractivity contribution in [3.63, 3.8) is 0 Å². The molecule has 0 spiro atoms. The van der Waals surface area contributed by atoms with Crippen molar-refractivity contribution < 1.29 is 18.9 Å². The molecular formula is C27H28N6O4S. The highest BCUT2D eigenvalue weighted by Gasteiger charge is 2.34. The highest BCUT2D eigenvalue weighted by atomic mass is 32.2. The molecule has 3 aromatic rings. The predicted octanol–water partition coefficient (Wildman–Crippen LogP) is 2.49. The normalized spacial score (nSPS) is 19.4. The van der Waals surface area contributed by atoms with Crippen molar-refractivity contribution in [2.75, 3.05) is 30.6 Å². The van der Waals surface area contributed by atoms with Gasteiger partial charge in [0.1, 0.15) is 22.7 Å². The number of hydrogen-bond acceptors (Lipinski definition) is 6. The largest absolute Gasteiger partial charge is 0.477 e. The average molecular weight is 533 g/mol. The summed E-state index contributed by atoms with van der Waals surface area (Å²) in [5, 5.41) is 23.4. The Bertz CT molecular complexity index is 1550. The van der Waals surface area contributed by atoms with Gasteiger partial charge in [-0.25, -0.2) is 9.00 Å². The Labute approximate surface area is 222 Å². The number of carboxylic acid groups (broad SMARTS) is 1. The van der Waals surface area contributed by atoms with Gasteiger partial charge >= 0.3 is 5.97 Å². The molecule has 0 aliphatic carbocycles. The number of rotatable bonds is 8. The molecular weight excluding hydrogens is 504 g/mol. The molecule has 1 amide bonds. The maximum Gasteiger partial charge on any atom is 0.352 e. The Morgan fingerprint density at radius 3 is 2.76 bits per heavy atom. The number of carbonyl (C=O) groups is 2. The Hall–Kier alpha value is -3.98. The van der Waals surface area contributed by atoms with Crippen LogP contribution in [0.5, 0.6) is 0 Å². The van der Waals surface area contributed by atoms with Gasteiger partial charge in [-0.3, -0.25) is 9.69 Å². The molecule has 1 fully saturated rings. The number of fused-ring (bicyclic) bond motifs is 1. The molecule has 3 atom stereocenters. The summed E-state index contributed by atoms with van der Waals surface area (Å²) >= 11 is 0. The van der Waals surface area contributed by atoms with Gasteiger partial charge in [0.25, 0.3) is 0 Å². The molecule has 0 bridgehead atoms. The second kappa shape index (κ2) is 10.1. The monoisotopic (exact) mass is 532 g/mol. The summed E-state index contributed by atoms with van der Waals surface area (Å²) in [4.78, 5) is 30.4. The number of aromatic carboxylic acids is 1. The van der Waals surface area contributed by atoms with Crippen LogP contribution in [-0.2, 0) is 15.8 Å². The van der Waals surface area contributed by atoms with Crippen molar-refractivity contribution >= 4 is 39.5 Å². The molecule has 1 unspecified atom stereocenters. The predicted molar refractivity (Wildman–Crippen MR) is 146 cm³/mol. The number of carboxylic acids is 1. The number of nitrogens with one attached hydrogen (secondary N) is 3. The maximum atomic E-state index is 12.9. The molecule has 1 aromatic heterocycles. The van der Waals surface area contributed by atoms with Gasteiger partial charge in [0.05, 0.1) is 22.7 Å². The van der Waals surface area contributed by atoms with E-state index in [2.05, 4.69) is 26.0 Å². The number of carbonyl (C=O) groups excluding carboxylic acids is 1. The number of H-pyrrole nitrogens is 1. The van der Waals surface area contributed by atoms with E-state index in [0.29, 0.717) is 34.3 Å². The molecule has 3 heterocycles. The molecule has 2 aliphatic heterocycles. The van der Waals surface area contributed by atoms with Crippen LogP contribution in [0.15, 0.2) is 48.2 Å². The molecule has 6 N–H and O–H groups in total. The zero-order valence-electron chi connectivity index (χ0n) is 20.9. The van der Waals surface area contributed by atoms with Crippen LogP contribution in [0.2, 0.25) is 0 Å². The number of hydrogen-bond donors (Lipinski definition) is 5. The number of likely N-dealkylation sites (tertiary alicyclic amines) is 1. The smallest absolute Gasteiger partial charge is 0.352 e. The van der Waals surface area contributed by atoms with E-state index in [-0.39, 0.29) is 29.1 Å². The second-order valence-corrected chi connectivity index (χ2v) is 10.9. The van der Waals surface area contributed by atoms with E-state index in [9.17, 15) is 24.2 Å². The first-order valence-corrected chi connectivity index (χ1v) is 13.7. The fourth-order valence-corrected chi connectivity index (χ4v) is 5.82. The fourth-order valence-electron chi connectivity index (χ4n) is 5.33. The van der Waals surface area contributed by atoms with Crippen molar-refractivity contribution in [3.8, 4) is 17.2 Å². The Morgan fingerprint density at radius 1 is 1.34 bits per heavy atom. The molecule has 10 nitrogen and oxygen atoms in total. The van der Waals surface area contributed by atoms with Gasteiger partial charge in [0.2, 0.25) is 5.91 Å². The van der Waals surface area contributed by atoms with Crippen LogP contribution in [0, 0.1) is 17.2 Å². The van der Waals surface area contributed by atoms with Gasteiger partial charge < -0.3 is 25.9 Å². The molecule has 38 heavy (non-hydrogen) atoms. The van der Waals surface area contributed by atoms with Crippen LogP contribution in [0.25, 0.3) is 22.0 Å². The quantitative estimate of drug-likeness (QED) is 0.297. The number of amides is 1. The van der Waals surface area contributed by atoms with Gasteiger partial charge in [-0.2, -0.15) is 5.26 Å². The number of anilines is 1. The molecule has 2 aliphatic rings. The summed E-state index contributed by atoms with van der Waals surface area (Å²) in [5.74, 6) is -1.87. The number of benzene rings is 2. The summed E-state index contributed by atoms with van der Waals surface area (Å²) < 4.78 is 14.3. The third-order valence-corrected chi connectivity index (χ3v) is 7.65. The Morgan fingerprint density at radius 2 is 2.11 bits per heavy atom. The first-order valence-electron chi connectivity index (χ1n) is 12.2. The van der Waals surface area contributed by atoms with Crippen molar-refractivity contribution in [1.29, 1.82) is 5.26 Å². The van der Waals surface area contributed by atoms with Crippen LogP contribution in [0.1, 0.15) is 34.5 Å². The number of aromatic nitrogens is 1. The lowest BCUT2D eigenvalue weighted by Crippen LogP contribution is -2.56. The average Bonchev–Trinajstić information content (AvgIpc) is 3.43. The van der Waals surface area contributed by atoms with E-state index in [1.807, 2.05) is 31.2 Å². The van der Waals surface area contributed by atoms with E-state index >= 15 is 0 Å². The van der Waals surface area contributed by atoms with E-state index in [1.54, 1.807) is 18.2 Å². The van der Waals surface area contributed by atoms with Gasteiger partial charge in [-0.05, 0) is 29.2 Å². The number of nitrogens with zero attached hydrogens (tertiary/aromatic N) is 2. The highest BCUT2D eigenvalue weighted by molar-refractivity contribution is 7.85. The van der Waals surface area contributed by atoms with Crippen molar-refractivity contribution in [2.45, 2.75) is 18.9 Å². The van der Waals surface area contributed by atoms with Gasteiger partial charge in [0.15, 0.2) is 0 Å². The Kier molecular flexibility index (Phi) is 6.79. The first kappa shape index (κ1) is 25.7.